The first kappa shape index (κ1) is 14.5. The summed E-state index contributed by atoms with van der Waals surface area (Å²) < 4.78 is 7.11. The van der Waals surface area contributed by atoms with E-state index in [1.54, 1.807) is 0 Å². The van der Waals surface area contributed by atoms with E-state index < -0.39 is 0 Å². The van der Waals surface area contributed by atoms with Crippen LogP contribution in [-0.4, -0.2) is 13.2 Å². The number of rotatable bonds is 5. The van der Waals surface area contributed by atoms with Crippen molar-refractivity contribution in [3.05, 3.63) is 28.2 Å². The Morgan fingerprint density at radius 1 is 1.18 bits per heavy atom. The van der Waals surface area contributed by atoms with Crippen LogP contribution in [0, 0.1) is 5.92 Å². The predicted octanol–water partition coefficient (Wildman–Crippen LogP) is 4.15. The minimum atomic E-state index is 0.221. The molecule has 3 heteroatoms. The molecule has 0 bridgehead atoms. The lowest BCUT2D eigenvalue weighted by Crippen LogP contribution is -2.21. The zero-order valence-corrected chi connectivity index (χ0v) is 12.8. The van der Waals surface area contributed by atoms with Gasteiger partial charge in [-0.25, -0.2) is 0 Å². The summed E-state index contributed by atoms with van der Waals surface area (Å²) in [4.78, 5) is 0. The molecule has 0 aromatic heterocycles. The lowest BCUT2D eigenvalue weighted by molar-refractivity contribution is 0.168. The Bertz CT molecular complexity index is 365. The third-order valence-corrected chi connectivity index (χ3v) is 3.62. The van der Waals surface area contributed by atoms with Crippen LogP contribution in [0.3, 0.4) is 0 Å². The van der Waals surface area contributed by atoms with E-state index in [9.17, 15) is 0 Å². The van der Waals surface area contributed by atoms with Gasteiger partial charge in [-0.1, -0.05) is 29.8 Å². The number of ether oxygens (including phenoxy) is 1. The van der Waals surface area contributed by atoms with Gasteiger partial charge < -0.3 is 10.1 Å². The largest absolute Gasteiger partial charge is 0.490 e. The molecule has 96 valence electrons. The molecule has 1 N–H and O–H groups in total. The molecule has 1 rings (SSSR count). The summed E-state index contributed by atoms with van der Waals surface area (Å²) in [5, 5.41) is 3.25. The van der Waals surface area contributed by atoms with E-state index in [4.69, 9.17) is 4.74 Å². The molecule has 0 amide bonds. The van der Waals surface area contributed by atoms with E-state index in [1.165, 1.54) is 5.56 Å². The Morgan fingerprint density at radius 3 is 2.35 bits per heavy atom. The number of hydrogen-bond donors (Lipinski definition) is 1. The van der Waals surface area contributed by atoms with Crippen LogP contribution in [0.4, 0.5) is 0 Å². The molecule has 0 fully saturated rings. The number of halogens is 1. The Balaban J connectivity index is 2.98. The van der Waals surface area contributed by atoms with Crippen LogP contribution in [0.5, 0.6) is 5.75 Å². The molecular weight excluding hydrogens is 278 g/mol. The van der Waals surface area contributed by atoms with Crippen LogP contribution >= 0.6 is 15.9 Å². The zero-order chi connectivity index (χ0) is 13.0. The van der Waals surface area contributed by atoms with Gasteiger partial charge in [0.1, 0.15) is 5.75 Å². The third kappa shape index (κ3) is 4.00. The molecule has 0 saturated carbocycles. The monoisotopic (exact) mass is 299 g/mol. The van der Waals surface area contributed by atoms with Crippen molar-refractivity contribution < 1.29 is 4.74 Å². The van der Waals surface area contributed by atoms with Gasteiger partial charge in [-0.05, 0) is 45.0 Å². The summed E-state index contributed by atoms with van der Waals surface area (Å²) in [6, 6.07) is 6.45. The third-order valence-electron chi connectivity index (χ3n) is 3.12. The average molecular weight is 300 g/mol. The predicted molar refractivity (Wildman–Crippen MR) is 76.5 cm³/mol. The minimum absolute atomic E-state index is 0.221. The number of hydrogen-bond acceptors (Lipinski definition) is 2. The second kappa shape index (κ2) is 6.41. The molecule has 0 radical (unpaired) electrons. The summed E-state index contributed by atoms with van der Waals surface area (Å²) in [5.41, 5.74) is 1.19. The molecule has 0 aliphatic carbocycles. The van der Waals surface area contributed by atoms with Crippen molar-refractivity contribution >= 4 is 15.9 Å². The van der Waals surface area contributed by atoms with E-state index in [1.807, 2.05) is 19.2 Å². The second-order valence-electron chi connectivity index (χ2n) is 4.76. The van der Waals surface area contributed by atoms with Crippen LogP contribution in [0.15, 0.2) is 22.7 Å². The molecule has 0 aliphatic heterocycles. The van der Waals surface area contributed by atoms with Crippen molar-refractivity contribution in [2.24, 2.45) is 5.92 Å². The number of benzene rings is 1. The minimum Gasteiger partial charge on any atom is -0.490 e. The van der Waals surface area contributed by atoms with Crippen molar-refractivity contribution in [2.75, 3.05) is 7.05 Å². The van der Waals surface area contributed by atoms with Crippen molar-refractivity contribution in [2.45, 2.75) is 39.8 Å². The second-order valence-corrected chi connectivity index (χ2v) is 5.68. The van der Waals surface area contributed by atoms with Crippen molar-refractivity contribution in [1.29, 1.82) is 0 Å². The molecule has 0 spiro atoms. The molecule has 0 saturated heterocycles. The maximum atomic E-state index is 6.02. The smallest absolute Gasteiger partial charge is 0.124 e. The summed E-state index contributed by atoms with van der Waals surface area (Å²) in [6.07, 6.45) is 0.221. The fourth-order valence-electron chi connectivity index (χ4n) is 1.46. The van der Waals surface area contributed by atoms with Crippen molar-refractivity contribution in [1.82, 2.24) is 5.32 Å². The van der Waals surface area contributed by atoms with Gasteiger partial charge in [0, 0.05) is 16.1 Å². The quantitative estimate of drug-likeness (QED) is 0.882. The van der Waals surface area contributed by atoms with Gasteiger partial charge in [0.15, 0.2) is 0 Å². The number of nitrogens with one attached hydrogen (secondary N) is 1. The molecule has 0 heterocycles. The zero-order valence-electron chi connectivity index (χ0n) is 11.3. The van der Waals surface area contributed by atoms with Gasteiger partial charge >= 0.3 is 0 Å². The highest BCUT2D eigenvalue weighted by Gasteiger charge is 2.15. The highest BCUT2D eigenvalue weighted by atomic mass is 79.9. The van der Waals surface area contributed by atoms with E-state index in [2.05, 4.69) is 55.0 Å². The Labute approximate surface area is 113 Å². The maximum absolute atomic E-state index is 6.02. The normalized spacial score (nSPS) is 14.8. The Morgan fingerprint density at radius 2 is 1.82 bits per heavy atom. The van der Waals surface area contributed by atoms with Crippen molar-refractivity contribution in [3.63, 3.8) is 0 Å². The molecule has 2 atom stereocenters. The molecule has 0 aliphatic rings. The first-order valence-corrected chi connectivity index (χ1v) is 6.88. The first-order valence-electron chi connectivity index (χ1n) is 6.09. The molecular formula is C14H22BrNO. The van der Waals surface area contributed by atoms with Gasteiger partial charge in [-0.15, -0.1) is 0 Å². The van der Waals surface area contributed by atoms with E-state index in [0.717, 1.165) is 10.2 Å². The van der Waals surface area contributed by atoms with Crippen LogP contribution in [0.25, 0.3) is 0 Å². The van der Waals surface area contributed by atoms with Gasteiger partial charge in [-0.3, -0.25) is 0 Å². The molecule has 1 aromatic rings. The highest BCUT2D eigenvalue weighted by Crippen LogP contribution is 2.29. The lowest BCUT2D eigenvalue weighted by atomic mass is 10.1. The summed E-state index contributed by atoms with van der Waals surface area (Å²) >= 11 is 3.51. The van der Waals surface area contributed by atoms with Crippen LogP contribution < -0.4 is 10.1 Å². The molecule has 1 aromatic carbocycles. The summed E-state index contributed by atoms with van der Waals surface area (Å²) in [7, 11) is 1.96. The maximum Gasteiger partial charge on any atom is 0.124 e. The highest BCUT2D eigenvalue weighted by molar-refractivity contribution is 9.10. The van der Waals surface area contributed by atoms with E-state index >= 15 is 0 Å². The molecule has 17 heavy (non-hydrogen) atoms. The van der Waals surface area contributed by atoms with Crippen LogP contribution in [-0.2, 0) is 0 Å². The summed E-state index contributed by atoms with van der Waals surface area (Å²) in [6.45, 7) is 8.59. The Kier molecular flexibility index (Phi) is 5.47. The first-order chi connectivity index (χ1) is 7.95. The lowest BCUT2D eigenvalue weighted by Gasteiger charge is -2.22. The standard InChI is InChI=1S/C14H22BrNO/c1-9(2)11(4)17-14-7-6-12(15)8-13(14)10(3)16-5/h6-11,16H,1-5H3. The fourth-order valence-corrected chi connectivity index (χ4v) is 1.84. The molecule has 2 unspecified atom stereocenters. The summed E-state index contributed by atoms with van der Waals surface area (Å²) in [5.74, 6) is 1.48. The Hall–Kier alpha value is -0.540. The van der Waals surface area contributed by atoms with Gasteiger partial charge in [-0.2, -0.15) is 0 Å². The average Bonchev–Trinajstić information content (AvgIpc) is 2.30. The molecule has 2 nitrogen and oxygen atoms in total. The van der Waals surface area contributed by atoms with Gasteiger partial charge in [0.05, 0.1) is 6.10 Å². The van der Waals surface area contributed by atoms with Crippen LogP contribution in [0.2, 0.25) is 0 Å². The van der Waals surface area contributed by atoms with Gasteiger partial charge in [0.2, 0.25) is 0 Å². The van der Waals surface area contributed by atoms with E-state index in [0.29, 0.717) is 5.92 Å². The van der Waals surface area contributed by atoms with E-state index in [-0.39, 0.29) is 12.1 Å². The van der Waals surface area contributed by atoms with Gasteiger partial charge in [0.25, 0.3) is 0 Å². The van der Waals surface area contributed by atoms with Crippen molar-refractivity contribution in [3.8, 4) is 5.75 Å². The topological polar surface area (TPSA) is 21.3 Å². The van der Waals surface area contributed by atoms with Crippen LogP contribution in [0.1, 0.15) is 39.3 Å². The SMILES string of the molecule is CNC(C)c1cc(Br)ccc1OC(C)C(C)C. The fraction of sp³-hybridized carbons (Fsp3) is 0.571.